The summed E-state index contributed by atoms with van der Waals surface area (Å²) in [7, 11) is 0. The van der Waals surface area contributed by atoms with Crippen molar-refractivity contribution in [2.45, 2.75) is 6.92 Å². The zero-order valence-electron chi connectivity index (χ0n) is 9.07. The smallest absolute Gasteiger partial charge is 0.0772 e. The van der Waals surface area contributed by atoms with Gasteiger partial charge < -0.3 is 0 Å². The molecule has 0 fully saturated rings. The van der Waals surface area contributed by atoms with Gasteiger partial charge in [0.15, 0.2) is 0 Å². The number of pyridine rings is 1. The summed E-state index contributed by atoms with van der Waals surface area (Å²) in [6.07, 6.45) is 0. The third kappa shape index (κ3) is 2.85. The molecule has 2 rings (SSSR count). The first kappa shape index (κ1) is 13.7. The SMILES string of the molecule is [CH2-]c1cc(-c2ccccc2)nc(Cl)c1C.[Y]. The molecule has 0 spiro atoms. The van der Waals surface area contributed by atoms with E-state index in [0.29, 0.717) is 5.15 Å². The number of hydrogen-bond acceptors (Lipinski definition) is 1. The number of rotatable bonds is 1. The molecule has 1 aromatic heterocycles. The van der Waals surface area contributed by atoms with Gasteiger partial charge in [0.05, 0.1) is 5.15 Å². The maximum Gasteiger partial charge on any atom is 0.0772 e. The van der Waals surface area contributed by atoms with Crippen LogP contribution >= 0.6 is 11.6 Å². The fourth-order valence-corrected chi connectivity index (χ4v) is 1.60. The van der Waals surface area contributed by atoms with Crippen LogP contribution < -0.4 is 0 Å². The fraction of sp³-hybridized carbons (Fsp3) is 0.0769. The van der Waals surface area contributed by atoms with Crippen molar-refractivity contribution in [2.75, 3.05) is 0 Å². The topological polar surface area (TPSA) is 12.9 Å². The Morgan fingerprint density at radius 2 is 1.81 bits per heavy atom. The standard InChI is InChI=1S/C13H11ClN.Y/c1-9-8-12(15-13(14)10(9)2)11-6-4-3-5-7-11;/h3-8H,1H2,2H3;/q-1;. The Labute approximate surface area is 126 Å². The second kappa shape index (κ2) is 5.81. The molecule has 0 aliphatic carbocycles. The molecule has 0 N–H and O–H groups in total. The molecule has 0 aliphatic rings. The summed E-state index contributed by atoms with van der Waals surface area (Å²) in [6, 6.07) is 11.9. The second-order valence-corrected chi connectivity index (χ2v) is 3.81. The van der Waals surface area contributed by atoms with Gasteiger partial charge in [0.25, 0.3) is 0 Å². The quantitative estimate of drug-likeness (QED) is 0.575. The zero-order chi connectivity index (χ0) is 10.8. The number of nitrogens with zero attached hydrogens (tertiary/aromatic N) is 1. The van der Waals surface area contributed by atoms with Crippen LogP contribution in [0.4, 0.5) is 0 Å². The summed E-state index contributed by atoms with van der Waals surface area (Å²) in [4.78, 5) is 4.33. The number of halogens is 1. The summed E-state index contributed by atoms with van der Waals surface area (Å²) in [6.45, 7) is 5.87. The van der Waals surface area contributed by atoms with E-state index in [9.17, 15) is 0 Å². The van der Waals surface area contributed by atoms with E-state index < -0.39 is 0 Å². The average molecular weight is 306 g/mol. The van der Waals surface area contributed by atoms with Crippen molar-refractivity contribution in [3.8, 4) is 11.3 Å². The normalized spacial score (nSPS) is 9.62. The molecule has 16 heavy (non-hydrogen) atoms. The molecule has 1 heterocycles. The molecule has 1 radical (unpaired) electrons. The molecular formula is C13H11ClNY-. The molecule has 79 valence electrons. The molecule has 0 amide bonds. The minimum Gasteiger partial charge on any atom is -0.262 e. The summed E-state index contributed by atoms with van der Waals surface area (Å²) in [5, 5.41) is 0.529. The molecular weight excluding hydrogens is 295 g/mol. The summed E-state index contributed by atoms with van der Waals surface area (Å²) >= 11 is 6.02. The van der Waals surface area contributed by atoms with Gasteiger partial charge in [0.2, 0.25) is 0 Å². The molecule has 0 atom stereocenters. The van der Waals surface area contributed by atoms with Gasteiger partial charge in [-0.05, 0) is 5.56 Å². The predicted molar refractivity (Wildman–Crippen MR) is 63.9 cm³/mol. The Morgan fingerprint density at radius 3 is 2.38 bits per heavy atom. The van der Waals surface area contributed by atoms with Crippen LogP contribution in [-0.2, 0) is 32.7 Å². The number of hydrogen-bond donors (Lipinski definition) is 0. The molecule has 0 saturated carbocycles. The second-order valence-electron chi connectivity index (χ2n) is 3.45. The summed E-state index contributed by atoms with van der Waals surface area (Å²) in [5.74, 6) is 0. The van der Waals surface area contributed by atoms with Gasteiger partial charge in [0.1, 0.15) is 0 Å². The van der Waals surface area contributed by atoms with Crippen LogP contribution in [0.15, 0.2) is 36.4 Å². The van der Waals surface area contributed by atoms with Crippen molar-refractivity contribution in [3.63, 3.8) is 0 Å². The molecule has 0 bridgehead atoms. The first-order chi connectivity index (χ1) is 7.18. The number of aromatic nitrogens is 1. The third-order valence-corrected chi connectivity index (χ3v) is 2.76. The monoisotopic (exact) mass is 305 g/mol. The van der Waals surface area contributed by atoms with E-state index in [2.05, 4.69) is 11.9 Å². The molecule has 3 heteroatoms. The van der Waals surface area contributed by atoms with Crippen LogP contribution in [0, 0.1) is 13.8 Å². The summed E-state index contributed by atoms with van der Waals surface area (Å²) < 4.78 is 0. The maximum absolute atomic E-state index is 6.02. The van der Waals surface area contributed by atoms with Crippen molar-refractivity contribution < 1.29 is 32.7 Å². The van der Waals surface area contributed by atoms with E-state index in [4.69, 9.17) is 11.6 Å². The van der Waals surface area contributed by atoms with Gasteiger partial charge in [-0.15, -0.1) is 11.6 Å². The van der Waals surface area contributed by atoms with Crippen LogP contribution in [0.2, 0.25) is 5.15 Å². The average Bonchev–Trinajstić information content (AvgIpc) is 2.26. The molecule has 0 aliphatic heterocycles. The van der Waals surface area contributed by atoms with E-state index >= 15 is 0 Å². The Balaban J connectivity index is 0.00000128. The van der Waals surface area contributed by atoms with E-state index in [0.717, 1.165) is 22.4 Å². The van der Waals surface area contributed by atoms with E-state index in [1.807, 2.05) is 43.3 Å². The van der Waals surface area contributed by atoms with Crippen molar-refractivity contribution in [2.24, 2.45) is 0 Å². The molecule has 0 unspecified atom stereocenters. The molecule has 1 aromatic carbocycles. The Kier molecular flexibility index (Phi) is 4.98. The largest absolute Gasteiger partial charge is 0.262 e. The van der Waals surface area contributed by atoms with Gasteiger partial charge >= 0.3 is 0 Å². The van der Waals surface area contributed by atoms with Gasteiger partial charge in [-0.2, -0.15) is 12.5 Å². The van der Waals surface area contributed by atoms with Gasteiger partial charge in [-0.3, -0.25) is 4.98 Å². The first-order valence-electron chi connectivity index (χ1n) is 4.73. The van der Waals surface area contributed by atoms with Crippen LogP contribution in [0.25, 0.3) is 11.3 Å². The van der Waals surface area contributed by atoms with E-state index in [1.165, 1.54) is 0 Å². The van der Waals surface area contributed by atoms with Crippen molar-refractivity contribution >= 4 is 11.6 Å². The van der Waals surface area contributed by atoms with Crippen LogP contribution in [-0.4, -0.2) is 4.98 Å². The van der Waals surface area contributed by atoms with Gasteiger partial charge in [-0.1, -0.05) is 48.9 Å². The first-order valence-corrected chi connectivity index (χ1v) is 5.11. The van der Waals surface area contributed by atoms with Gasteiger partial charge in [-0.25, -0.2) is 0 Å². The zero-order valence-corrected chi connectivity index (χ0v) is 12.7. The fourth-order valence-electron chi connectivity index (χ4n) is 1.38. The molecule has 1 nitrogen and oxygen atoms in total. The van der Waals surface area contributed by atoms with Gasteiger partial charge in [0, 0.05) is 38.4 Å². The molecule has 0 saturated heterocycles. The third-order valence-electron chi connectivity index (χ3n) is 2.39. The van der Waals surface area contributed by atoms with Crippen LogP contribution in [0.1, 0.15) is 11.1 Å². The Hall–Kier alpha value is -0.366. The Bertz CT molecular complexity index is 460. The van der Waals surface area contributed by atoms with E-state index in [1.54, 1.807) is 0 Å². The summed E-state index contributed by atoms with van der Waals surface area (Å²) in [5.41, 5.74) is 3.80. The van der Waals surface area contributed by atoms with Crippen molar-refractivity contribution in [1.29, 1.82) is 0 Å². The Morgan fingerprint density at radius 1 is 1.19 bits per heavy atom. The van der Waals surface area contributed by atoms with Crippen LogP contribution in [0.5, 0.6) is 0 Å². The maximum atomic E-state index is 6.02. The number of benzene rings is 1. The van der Waals surface area contributed by atoms with Crippen molar-refractivity contribution in [3.05, 3.63) is 59.6 Å². The minimum absolute atomic E-state index is 0. The predicted octanol–water partition coefficient (Wildman–Crippen LogP) is 3.89. The van der Waals surface area contributed by atoms with Crippen molar-refractivity contribution in [1.82, 2.24) is 4.98 Å². The van der Waals surface area contributed by atoms with E-state index in [-0.39, 0.29) is 32.7 Å². The van der Waals surface area contributed by atoms with Crippen LogP contribution in [0.3, 0.4) is 0 Å². The minimum atomic E-state index is 0. The molecule has 2 aromatic rings.